The quantitative estimate of drug-likeness (QED) is 0.839. The molecule has 1 unspecified atom stereocenters. The number of benzene rings is 1. The van der Waals surface area contributed by atoms with Gasteiger partial charge >= 0.3 is 0 Å². The largest absolute Gasteiger partial charge is 0.368 e. The third-order valence-corrected chi connectivity index (χ3v) is 2.76. The summed E-state index contributed by atoms with van der Waals surface area (Å²) in [6.45, 7) is 0. The van der Waals surface area contributed by atoms with Crippen molar-refractivity contribution >= 4 is 32.9 Å². The zero-order valence-corrected chi connectivity index (χ0v) is 9.39. The summed E-state index contributed by atoms with van der Waals surface area (Å²) >= 11 is 3.23. The fourth-order valence-corrected chi connectivity index (χ4v) is 1.97. The molecular weight excluding hydrogens is 260 g/mol. The molecule has 0 radical (unpaired) electrons. The number of nitrogens with zero attached hydrogens (tertiary/aromatic N) is 3. The minimum atomic E-state index is -0.502. The lowest BCUT2D eigenvalue weighted by Crippen LogP contribution is -2.28. The van der Waals surface area contributed by atoms with Crippen molar-refractivity contribution in [2.24, 2.45) is 5.73 Å². The van der Waals surface area contributed by atoms with E-state index in [1.807, 2.05) is 24.3 Å². The number of amides is 1. The Hall–Kier alpha value is -1.43. The van der Waals surface area contributed by atoms with Crippen molar-refractivity contribution in [3.63, 3.8) is 0 Å². The Labute approximate surface area is 94.4 Å². The molecule has 2 aromatic rings. The SMILES string of the molecule is NC(=O)C(CBr)n1nnc2ccccc21. The van der Waals surface area contributed by atoms with Gasteiger partial charge in [0.25, 0.3) is 0 Å². The minimum absolute atomic E-state index is 0.426. The van der Waals surface area contributed by atoms with Crippen LogP contribution in [0.25, 0.3) is 11.0 Å². The van der Waals surface area contributed by atoms with Crippen LogP contribution >= 0.6 is 15.9 Å². The second-order valence-electron chi connectivity index (χ2n) is 3.10. The molecule has 0 saturated heterocycles. The Morgan fingerprint density at radius 3 is 2.93 bits per heavy atom. The number of hydrogen-bond donors (Lipinski definition) is 1. The van der Waals surface area contributed by atoms with Crippen LogP contribution in [-0.4, -0.2) is 26.2 Å². The van der Waals surface area contributed by atoms with Crippen LogP contribution in [0.15, 0.2) is 24.3 Å². The average Bonchev–Trinajstić information content (AvgIpc) is 2.63. The number of para-hydroxylation sites is 1. The summed E-state index contributed by atoms with van der Waals surface area (Å²) in [6.07, 6.45) is 0. The molecule has 2 N–H and O–H groups in total. The molecule has 15 heavy (non-hydrogen) atoms. The van der Waals surface area contributed by atoms with Crippen molar-refractivity contribution in [2.45, 2.75) is 6.04 Å². The van der Waals surface area contributed by atoms with E-state index >= 15 is 0 Å². The van der Waals surface area contributed by atoms with Gasteiger partial charge in [-0.05, 0) is 12.1 Å². The highest BCUT2D eigenvalue weighted by molar-refractivity contribution is 9.09. The topological polar surface area (TPSA) is 73.8 Å². The fourth-order valence-electron chi connectivity index (χ4n) is 1.38. The maximum Gasteiger partial charge on any atom is 0.243 e. The van der Waals surface area contributed by atoms with Gasteiger partial charge in [0.2, 0.25) is 5.91 Å². The van der Waals surface area contributed by atoms with Crippen LogP contribution in [0.3, 0.4) is 0 Å². The van der Waals surface area contributed by atoms with Gasteiger partial charge in [-0.2, -0.15) is 0 Å². The third kappa shape index (κ3) is 1.72. The van der Waals surface area contributed by atoms with Gasteiger partial charge in [0.05, 0.1) is 5.52 Å². The third-order valence-electron chi connectivity index (χ3n) is 2.15. The molecule has 0 saturated carbocycles. The Balaban J connectivity index is 2.55. The Morgan fingerprint density at radius 1 is 1.53 bits per heavy atom. The number of carbonyl (C=O) groups excluding carboxylic acids is 1. The molecule has 5 nitrogen and oxygen atoms in total. The highest BCUT2D eigenvalue weighted by Crippen LogP contribution is 2.16. The minimum Gasteiger partial charge on any atom is -0.368 e. The predicted molar refractivity (Wildman–Crippen MR) is 59.6 cm³/mol. The van der Waals surface area contributed by atoms with Gasteiger partial charge in [-0.25, -0.2) is 4.68 Å². The van der Waals surface area contributed by atoms with Crippen LogP contribution in [0.4, 0.5) is 0 Å². The Kier molecular flexibility index (Phi) is 2.68. The van der Waals surface area contributed by atoms with Crippen LogP contribution in [0.1, 0.15) is 6.04 Å². The van der Waals surface area contributed by atoms with Gasteiger partial charge < -0.3 is 5.73 Å². The molecule has 0 spiro atoms. The number of nitrogens with two attached hydrogens (primary N) is 1. The van der Waals surface area contributed by atoms with Crippen LogP contribution in [0.5, 0.6) is 0 Å². The summed E-state index contributed by atoms with van der Waals surface area (Å²) in [4.78, 5) is 11.2. The summed E-state index contributed by atoms with van der Waals surface area (Å²) in [5.41, 5.74) is 6.83. The van der Waals surface area contributed by atoms with Crippen molar-refractivity contribution in [1.82, 2.24) is 15.0 Å². The monoisotopic (exact) mass is 268 g/mol. The van der Waals surface area contributed by atoms with E-state index in [9.17, 15) is 4.79 Å². The normalized spacial score (nSPS) is 12.9. The van der Waals surface area contributed by atoms with Crippen LogP contribution in [0, 0.1) is 0 Å². The summed E-state index contributed by atoms with van der Waals surface area (Å²) in [5.74, 6) is -0.428. The highest BCUT2D eigenvalue weighted by Gasteiger charge is 2.19. The van der Waals surface area contributed by atoms with E-state index in [1.54, 1.807) is 0 Å². The number of primary amides is 1. The molecule has 1 amide bonds. The van der Waals surface area contributed by atoms with Crippen molar-refractivity contribution in [3.8, 4) is 0 Å². The van der Waals surface area contributed by atoms with E-state index in [1.165, 1.54) is 4.68 Å². The molecule has 1 aromatic carbocycles. The number of rotatable bonds is 3. The second-order valence-corrected chi connectivity index (χ2v) is 3.74. The lowest BCUT2D eigenvalue weighted by atomic mass is 10.3. The fraction of sp³-hybridized carbons (Fsp3) is 0.222. The molecule has 1 aromatic heterocycles. The van der Waals surface area contributed by atoms with Crippen molar-refractivity contribution < 1.29 is 4.79 Å². The van der Waals surface area contributed by atoms with Crippen molar-refractivity contribution in [3.05, 3.63) is 24.3 Å². The van der Waals surface area contributed by atoms with Crippen molar-refractivity contribution in [1.29, 1.82) is 0 Å². The number of halogens is 1. The first-order valence-corrected chi connectivity index (χ1v) is 5.51. The van der Waals surface area contributed by atoms with Gasteiger partial charge in [-0.1, -0.05) is 33.3 Å². The second kappa shape index (κ2) is 3.98. The lowest BCUT2D eigenvalue weighted by Gasteiger charge is -2.10. The molecule has 0 aliphatic carbocycles. The molecule has 78 valence electrons. The van der Waals surface area contributed by atoms with Gasteiger partial charge in [0.15, 0.2) is 0 Å². The summed E-state index contributed by atoms with van der Waals surface area (Å²) in [7, 11) is 0. The molecule has 0 aliphatic heterocycles. The Morgan fingerprint density at radius 2 is 2.27 bits per heavy atom. The molecule has 0 aliphatic rings. The van der Waals surface area contributed by atoms with E-state index in [-0.39, 0.29) is 0 Å². The summed E-state index contributed by atoms with van der Waals surface area (Å²) in [5, 5.41) is 8.30. The first kappa shape index (κ1) is 10.1. The van der Waals surface area contributed by atoms with Gasteiger partial charge in [0.1, 0.15) is 11.6 Å². The zero-order valence-electron chi connectivity index (χ0n) is 7.80. The zero-order chi connectivity index (χ0) is 10.8. The summed E-state index contributed by atoms with van der Waals surface area (Å²) < 4.78 is 1.53. The van der Waals surface area contributed by atoms with Crippen LogP contribution in [0.2, 0.25) is 0 Å². The Bertz CT molecular complexity index is 496. The van der Waals surface area contributed by atoms with E-state index in [0.717, 1.165) is 11.0 Å². The standard InChI is InChI=1S/C9H9BrN4O/c10-5-8(9(11)15)14-7-4-2-1-3-6(7)12-13-14/h1-4,8H,5H2,(H2,11,15). The van der Waals surface area contributed by atoms with Gasteiger partial charge in [0, 0.05) is 5.33 Å². The number of aromatic nitrogens is 3. The van der Waals surface area contributed by atoms with E-state index in [4.69, 9.17) is 5.73 Å². The summed E-state index contributed by atoms with van der Waals surface area (Å²) in [6, 6.07) is 6.93. The van der Waals surface area contributed by atoms with Crippen LogP contribution < -0.4 is 5.73 Å². The van der Waals surface area contributed by atoms with Crippen molar-refractivity contribution in [2.75, 3.05) is 5.33 Å². The molecule has 0 fully saturated rings. The highest BCUT2D eigenvalue weighted by atomic mass is 79.9. The number of fused-ring (bicyclic) bond motifs is 1. The maximum atomic E-state index is 11.2. The average molecular weight is 269 g/mol. The van der Waals surface area contributed by atoms with Gasteiger partial charge in [-0.15, -0.1) is 5.10 Å². The molecule has 1 atom stereocenters. The molecule has 2 rings (SSSR count). The molecular formula is C9H9BrN4O. The van der Waals surface area contributed by atoms with Crippen LogP contribution in [-0.2, 0) is 4.79 Å². The maximum absolute atomic E-state index is 11.2. The number of hydrogen-bond acceptors (Lipinski definition) is 3. The number of carbonyl (C=O) groups is 1. The van der Waals surface area contributed by atoms with Gasteiger partial charge in [-0.3, -0.25) is 4.79 Å². The van der Waals surface area contributed by atoms with E-state index < -0.39 is 11.9 Å². The first-order valence-electron chi connectivity index (χ1n) is 4.39. The molecule has 1 heterocycles. The molecule has 0 bridgehead atoms. The molecule has 6 heteroatoms. The lowest BCUT2D eigenvalue weighted by molar-refractivity contribution is -0.120. The predicted octanol–water partition coefficient (Wildman–Crippen LogP) is 0.853. The van der Waals surface area contributed by atoms with E-state index in [2.05, 4.69) is 26.2 Å². The number of alkyl halides is 1. The first-order chi connectivity index (χ1) is 7.24. The smallest absolute Gasteiger partial charge is 0.243 e. The van der Waals surface area contributed by atoms with E-state index in [0.29, 0.717) is 5.33 Å².